The van der Waals surface area contributed by atoms with E-state index in [0.717, 1.165) is 27.9 Å². The summed E-state index contributed by atoms with van der Waals surface area (Å²) in [7, 11) is 1.47. The molecule has 0 aromatic heterocycles. The number of thioether (sulfide) groups is 1. The largest absolute Gasteiger partial charge is 0.366 e. The number of nitrogens with one attached hydrogen (secondary N) is 1. The lowest BCUT2D eigenvalue weighted by Crippen LogP contribution is -2.36. The van der Waals surface area contributed by atoms with Crippen molar-refractivity contribution in [1.29, 1.82) is 0 Å². The van der Waals surface area contributed by atoms with Crippen molar-refractivity contribution in [3.05, 3.63) is 62.1 Å². The van der Waals surface area contributed by atoms with Crippen LogP contribution in [-0.4, -0.2) is 46.9 Å². The predicted octanol–water partition coefficient (Wildman–Crippen LogP) is 2.95. The molecule has 11 heteroatoms. The standard InChI is InChI=1S/C19H19BrN4O5S/c1-11-7-13(20)4-5-14(11)22-17(25)9-23(2)18(26)10-30-16-6-3-12(19(21)27)8-15(16)24(28)29/h3-8H,9-10H2,1-2H3,(H2,21,27)(H,22,25). The van der Waals surface area contributed by atoms with Crippen LogP contribution in [0.25, 0.3) is 0 Å². The van der Waals surface area contributed by atoms with E-state index in [1.807, 2.05) is 13.0 Å². The highest BCUT2D eigenvalue weighted by molar-refractivity contribution is 9.10. The quantitative estimate of drug-likeness (QED) is 0.328. The Balaban J connectivity index is 1.96. The second-order valence-corrected chi connectivity index (χ2v) is 8.28. The maximum Gasteiger partial charge on any atom is 0.283 e. The van der Waals surface area contributed by atoms with E-state index >= 15 is 0 Å². The highest BCUT2D eigenvalue weighted by Crippen LogP contribution is 2.30. The Labute approximate surface area is 185 Å². The summed E-state index contributed by atoms with van der Waals surface area (Å²) in [4.78, 5) is 47.8. The average molecular weight is 495 g/mol. The number of nitro benzene ring substituents is 1. The molecule has 0 aliphatic heterocycles. The summed E-state index contributed by atoms with van der Waals surface area (Å²) < 4.78 is 0.889. The fourth-order valence-corrected chi connectivity index (χ4v) is 3.87. The van der Waals surface area contributed by atoms with Gasteiger partial charge in [0.15, 0.2) is 0 Å². The third-order valence-electron chi connectivity index (χ3n) is 4.06. The number of likely N-dealkylation sites (N-methyl/N-ethyl adjacent to an activating group) is 1. The van der Waals surface area contributed by atoms with Crippen LogP contribution in [-0.2, 0) is 9.59 Å². The second kappa shape index (κ2) is 10.2. The van der Waals surface area contributed by atoms with Gasteiger partial charge in [-0.1, -0.05) is 15.9 Å². The van der Waals surface area contributed by atoms with Crippen LogP contribution in [0.4, 0.5) is 11.4 Å². The lowest BCUT2D eigenvalue weighted by Gasteiger charge is -2.17. The van der Waals surface area contributed by atoms with Gasteiger partial charge in [0.25, 0.3) is 5.69 Å². The minimum atomic E-state index is -0.780. The number of carbonyl (C=O) groups is 3. The number of halogens is 1. The van der Waals surface area contributed by atoms with Crippen LogP contribution in [0.15, 0.2) is 45.8 Å². The number of carbonyl (C=O) groups excluding carboxylic acids is 3. The molecule has 0 bridgehead atoms. The Morgan fingerprint density at radius 2 is 1.93 bits per heavy atom. The molecule has 0 saturated heterocycles. The average Bonchev–Trinajstić information content (AvgIpc) is 2.67. The minimum Gasteiger partial charge on any atom is -0.366 e. The normalized spacial score (nSPS) is 10.4. The first-order valence-electron chi connectivity index (χ1n) is 8.59. The molecule has 0 atom stereocenters. The zero-order chi connectivity index (χ0) is 22.4. The van der Waals surface area contributed by atoms with Gasteiger partial charge >= 0.3 is 0 Å². The fourth-order valence-electron chi connectivity index (χ4n) is 2.45. The summed E-state index contributed by atoms with van der Waals surface area (Å²) in [5, 5.41) is 14.0. The highest BCUT2D eigenvalue weighted by Gasteiger charge is 2.20. The van der Waals surface area contributed by atoms with E-state index in [9.17, 15) is 24.5 Å². The molecule has 158 valence electrons. The first-order chi connectivity index (χ1) is 14.1. The zero-order valence-electron chi connectivity index (χ0n) is 16.2. The van der Waals surface area contributed by atoms with E-state index in [1.165, 1.54) is 24.1 Å². The van der Waals surface area contributed by atoms with E-state index in [2.05, 4.69) is 21.2 Å². The molecule has 3 amide bonds. The first-order valence-corrected chi connectivity index (χ1v) is 10.4. The van der Waals surface area contributed by atoms with Crippen LogP contribution in [0, 0.1) is 17.0 Å². The smallest absolute Gasteiger partial charge is 0.283 e. The van der Waals surface area contributed by atoms with E-state index < -0.39 is 10.8 Å². The SMILES string of the molecule is Cc1cc(Br)ccc1NC(=O)CN(C)C(=O)CSc1ccc(C(N)=O)cc1[N+](=O)[O-]. The van der Waals surface area contributed by atoms with Gasteiger partial charge in [-0.05, 0) is 42.8 Å². The summed E-state index contributed by atoms with van der Waals surface area (Å²) in [6, 6.07) is 9.22. The number of amides is 3. The third kappa shape index (κ3) is 6.29. The van der Waals surface area contributed by atoms with Gasteiger partial charge in [-0.3, -0.25) is 24.5 Å². The van der Waals surface area contributed by atoms with Crippen molar-refractivity contribution in [2.75, 3.05) is 24.7 Å². The number of rotatable bonds is 8. The van der Waals surface area contributed by atoms with Crippen molar-refractivity contribution in [3.8, 4) is 0 Å². The molecule has 0 saturated carbocycles. The predicted molar refractivity (Wildman–Crippen MR) is 117 cm³/mol. The van der Waals surface area contributed by atoms with Gasteiger partial charge < -0.3 is 16.0 Å². The molecule has 0 aliphatic rings. The van der Waals surface area contributed by atoms with Crippen LogP contribution < -0.4 is 11.1 Å². The molecule has 0 aliphatic carbocycles. The topological polar surface area (TPSA) is 136 Å². The molecule has 9 nitrogen and oxygen atoms in total. The zero-order valence-corrected chi connectivity index (χ0v) is 18.6. The van der Waals surface area contributed by atoms with E-state index in [-0.39, 0.29) is 40.3 Å². The number of primary amides is 1. The molecule has 2 aromatic rings. The number of nitrogens with zero attached hydrogens (tertiary/aromatic N) is 2. The Bertz CT molecular complexity index is 1010. The molecule has 0 heterocycles. The molecule has 0 unspecified atom stereocenters. The number of nitro groups is 1. The van der Waals surface area contributed by atoms with Crippen molar-refractivity contribution in [2.24, 2.45) is 5.73 Å². The van der Waals surface area contributed by atoms with Gasteiger partial charge in [0.1, 0.15) is 0 Å². The van der Waals surface area contributed by atoms with Crippen molar-refractivity contribution < 1.29 is 19.3 Å². The second-order valence-electron chi connectivity index (χ2n) is 6.35. The van der Waals surface area contributed by atoms with Crippen LogP contribution in [0.5, 0.6) is 0 Å². The first kappa shape index (κ1) is 23.4. The Morgan fingerprint density at radius 3 is 2.53 bits per heavy atom. The number of hydrogen-bond acceptors (Lipinski definition) is 6. The van der Waals surface area contributed by atoms with Crippen LogP contribution in [0.3, 0.4) is 0 Å². The number of aryl methyl sites for hydroxylation is 1. The van der Waals surface area contributed by atoms with Gasteiger partial charge in [-0.2, -0.15) is 0 Å². The van der Waals surface area contributed by atoms with Crippen molar-refractivity contribution in [1.82, 2.24) is 4.90 Å². The lowest BCUT2D eigenvalue weighted by atomic mass is 10.2. The molecule has 30 heavy (non-hydrogen) atoms. The molecule has 0 fully saturated rings. The van der Waals surface area contributed by atoms with Gasteiger partial charge in [-0.15, -0.1) is 11.8 Å². The number of nitrogens with two attached hydrogens (primary N) is 1. The van der Waals surface area contributed by atoms with Crippen LogP contribution >= 0.6 is 27.7 Å². The summed E-state index contributed by atoms with van der Waals surface area (Å²) in [5.74, 6) is -1.64. The van der Waals surface area contributed by atoms with Crippen LogP contribution in [0.2, 0.25) is 0 Å². The van der Waals surface area contributed by atoms with Crippen LogP contribution in [0.1, 0.15) is 15.9 Å². The van der Waals surface area contributed by atoms with E-state index in [1.54, 1.807) is 12.1 Å². The molecular weight excluding hydrogens is 476 g/mol. The Hall–Kier alpha value is -2.92. The maximum absolute atomic E-state index is 12.3. The van der Waals surface area contributed by atoms with Gasteiger partial charge in [0.05, 0.1) is 22.1 Å². The van der Waals surface area contributed by atoms with Crippen molar-refractivity contribution in [2.45, 2.75) is 11.8 Å². The molecule has 2 aromatic carbocycles. The van der Waals surface area contributed by atoms with Gasteiger partial charge in [0, 0.05) is 28.8 Å². The molecule has 2 rings (SSSR count). The number of hydrogen-bond donors (Lipinski definition) is 2. The lowest BCUT2D eigenvalue weighted by molar-refractivity contribution is -0.387. The molecular formula is C19H19BrN4O5S. The molecule has 0 spiro atoms. The number of anilines is 1. The summed E-state index contributed by atoms with van der Waals surface area (Å²) in [6.45, 7) is 1.68. The Morgan fingerprint density at radius 1 is 1.23 bits per heavy atom. The molecule has 0 radical (unpaired) electrons. The maximum atomic E-state index is 12.3. The summed E-state index contributed by atoms with van der Waals surface area (Å²) in [5.41, 5.74) is 6.35. The Kier molecular flexibility index (Phi) is 7.95. The van der Waals surface area contributed by atoms with Crippen molar-refractivity contribution >= 4 is 56.8 Å². The number of benzene rings is 2. The minimum absolute atomic E-state index is 0.00870. The third-order valence-corrected chi connectivity index (χ3v) is 5.60. The van der Waals surface area contributed by atoms with Crippen molar-refractivity contribution in [3.63, 3.8) is 0 Å². The van der Waals surface area contributed by atoms with Gasteiger partial charge in [0.2, 0.25) is 17.7 Å². The van der Waals surface area contributed by atoms with Gasteiger partial charge in [-0.25, -0.2) is 0 Å². The fraction of sp³-hybridized carbons (Fsp3) is 0.211. The summed E-state index contributed by atoms with van der Waals surface area (Å²) >= 11 is 4.30. The highest BCUT2D eigenvalue weighted by atomic mass is 79.9. The van der Waals surface area contributed by atoms with E-state index in [4.69, 9.17) is 5.73 Å². The van der Waals surface area contributed by atoms with E-state index in [0.29, 0.717) is 5.69 Å². The summed E-state index contributed by atoms with van der Waals surface area (Å²) in [6.07, 6.45) is 0. The monoisotopic (exact) mass is 494 g/mol. The molecule has 3 N–H and O–H groups in total.